The number of hydrogen-bond acceptors (Lipinski definition) is 3. The predicted octanol–water partition coefficient (Wildman–Crippen LogP) is -0.535. The molecule has 4 N–H and O–H groups in total. The average molecular weight is 194 g/mol. The van der Waals surface area contributed by atoms with Gasteiger partial charge in [-0.15, -0.1) is 0 Å². The first kappa shape index (κ1) is 10.2. The van der Waals surface area contributed by atoms with Crippen LogP contribution in [0.2, 0.25) is 0 Å². The number of amides is 2. The second kappa shape index (κ2) is 4.38. The van der Waals surface area contributed by atoms with E-state index >= 15 is 0 Å². The fourth-order valence-corrected chi connectivity index (χ4v) is 0.960. The molecule has 1 aromatic rings. The predicted molar refractivity (Wildman–Crippen MR) is 49.5 cm³/mol. The zero-order chi connectivity index (χ0) is 10.6. The molecular formula is C9H10N2O3. The van der Waals surface area contributed by atoms with Crippen molar-refractivity contribution in [2.24, 2.45) is 5.73 Å². The summed E-state index contributed by atoms with van der Waals surface area (Å²) in [5.74, 6) is -0.942. The lowest BCUT2D eigenvalue weighted by Gasteiger charge is -2.01. The van der Waals surface area contributed by atoms with E-state index in [1.807, 2.05) is 0 Å². The first-order valence-electron chi connectivity index (χ1n) is 3.94. The second-order valence-corrected chi connectivity index (χ2v) is 2.61. The van der Waals surface area contributed by atoms with Crippen LogP contribution in [0.4, 0.5) is 0 Å². The normalized spacial score (nSPS) is 9.50. The molecule has 0 bridgehead atoms. The summed E-state index contributed by atoms with van der Waals surface area (Å²) in [5.41, 5.74) is 5.72. The number of nitrogens with two attached hydrogens (primary N) is 1. The summed E-state index contributed by atoms with van der Waals surface area (Å²) in [6.45, 7) is -0.420. The molecule has 1 aromatic carbocycles. The summed E-state index contributed by atoms with van der Waals surface area (Å²) in [5, 5.41) is 10.6. The molecule has 0 fully saturated rings. The standard InChI is InChI=1S/C9H10N2O3/c10-8(13)6-1-3-7(4-2-6)9(14)11-5-12/h1-4,12H,5H2,(H2,10,13)(H,11,14). The number of carbonyl (C=O) groups excluding carboxylic acids is 2. The maximum atomic E-state index is 11.1. The van der Waals surface area contributed by atoms with Crippen molar-refractivity contribution < 1.29 is 14.7 Å². The van der Waals surface area contributed by atoms with Gasteiger partial charge in [0.05, 0.1) is 0 Å². The lowest BCUT2D eigenvalue weighted by molar-refractivity contribution is 0.0908. The molecule has 0 aliphatic heterocycles. The maximum absolute atomic E-state index is 11.1. The Morgan fingerprint density at radius 3 is 2.14 bits per heavy atom. The third-order valence-electron chi connectivity index (χ3n) is 1.67. The molecule has 0 radical (unpaired) electrons. The minimum atomic E-state index is -0.542. The van der Waals surface area contributed by atoms with Crippen molar-refractivity contribution in [2.45, 2.75) is 0 Å². The van der Waals surface area contributed by atoms with Gasteiger partial charge in [0.2, 0.25) is 5.91 Å². The van der Waals surface area contributed by atoms with E-state index in [2.05, 4.69) is 5.32 Å². The van der Waals surface area contributed by atoms with Crippen molar-refractivity contribution in [3.8, 4) is 0 Å². The van der Waals surface area contributed by atoms with Gasteiger partial charge in [0.15, 0.2) is 0 Å². The largest absolute Gasteiger partial charge is 0.376 e. The van der Waals surface area contributed by atoms with Crippen molar-refractivity contribution in [3.05, 3.63) is 35.4 Å². The highest BCUT2D eigenvalue weighted by atomic mass is 16.3. The van der Waals surface area contributed by atoms with Gasteiger partial charge in [-0.1, -0.05) is 0 Å². The van der Waals surface area contributed by atoms with Gasteiger partial charge in [-0.2, -0.15) is 0 Å². The van der Waals surface area contributed by atoms with Gasteiger partial charge in [-0.25, -0.2) is 0 Å². The third kappa shape index (κ3) is 2.30. The number of hydrogen-bond donors (Lipinski definition) is 3. The van der Waals surface area contributed by atoms with Gasteiger partial charge in [0, 0.05) is 11.1 Å². The Morgan fingerprint density at radius 1 is 1.21 bits per heavy atom. The molecule has 1 rings (SSSR count). The first-order valence-corrected chi connectivity index (χ1v) is 3.94. The molecule has 0 saturated heterocycles. The number of aliphatic hydroxyl groups is 1. The lowest BCUT2D eigenvalue weighted by Crippen LogP contribution is -2.24. The summed E-state index contributed by atoms with van der Waals surface area (Å²) in [7, 11) is 0. The molecule has 14 heavy (non-hydrogen) atoms. The van der Waals surface area contributed by atoms with Crippen LogP contribution in [0.25, 0.3) is 0 Å². The van der Waals surface area contributed by atoms with E-state index in [0.717, 1.165) is 0 Å². The van der Waals surface area contributed by atoms with Gasteiger partial charge in [-0.3, -0.25) is 9.59 Å². The number of primary amides is 1. The number of nitrogens with one attached hydrogen (secondary N) is 1. The Kier molecular flexibility index (Phi) is 3.19. The van der Waals surface area contributed by atoms with E-state index in [0.29, 0.717) is 11.1 Å². The Balaban J connectivity index is 2.83. The topological polar surface area (TPSA) is 92.4 Å². The number of benzene rings is 1. The molecule has 0 unspecified atom stereocenters. The van der Waals surface area contributed by atoms with E-state index in [4.69, 9.17) is 10.8 Å². The quantitative estimate of drug-likeness (QED) is 0.564. The molecule has 5 heteroatoms. The second-order valence-electron chi connectivity index (χ2n) is 2.61. The summed E-state index contributed by atoms with van der Waals surface area (Å²) in [6.07, 6.45) is 0. The zero-order valence-electron chi connectivity index (χ0n) is 7.36. The molecule has 2 amide bonds. The van der Waals surface area contributed by atoms with E-state index in [1.54, 1.807) is 0 Å². The Labute approximate surface area is 80.5 Å². The number of carbonyl (C=O) groups is 2. The Hall–Kier alpha value is -1.88. The van der Waals surface area contributed by atoms with Crippen LogP contribution in [-0.4, -0.2) is 23.7 Å². The van der Waals surface area contributed by atoms with Crippen molar-refractivity contribution in [1.82, 2.24) is 5.32 Å². The highest BCUT2D eigenvalue weighted by molar-refractivity contribution is 5.97. The van der Waals surface area contributed by atoms with Gasteiger partial charge in [0.1, 0.15) is 6.73 Å². The van der Waals surface area contributed by atoms with Crippen molar-refractivity contribution in [2.75, 3.05) is 6.73 Å². The summed E-state index contributed by atoms with van der Waals surface area (Å²) in [6, 6.07) is 5.83. The van der Waals surface area contributed by atoms with Crippen LogP contribution in [0, 0.1) is 0 Å². The molecule has 0 aliphatic rings. The van der Waals surface area contributed by atoms with E-state index in [9.17, 15) is 9.59 Å². The van der Waals surface area contributed by atoms with Crippen molar-refractivity contribution in [1.29, 1.82) is 0 Å². The number of rotatable bonds is 3. The fraction of sp³-hybridized carbons (Fsp3) is 0.111. The summed E-state index contributed by atoms with van der Waals surface area (Å²) in [4.78, 5) is 21.8. The van der Waals surface area contributed by atoms with E-state index < -0.39 is 18.5 Å². The molecule has 0 aliphatic carbocycles. The highest BCUT2D eigenvalue weighted by Gasteiger charge is 2.05. The molecule has 74 valence electrons. The minimum Gasteiger partial charge on any atom is -0.376 e. The molecular weight excluding hydrogens is 184 g/mol. The highest BCUT2D eigenvalue weighted by Crippen LogP contribution is 2.03. The van der Waals surface area contributed by atoms with Crippen molar-refractivity contribution >= 4 is 11.8 Å². The molecule has 0 aromatic heterocycles. The molecule has 0 atom stereocenters. The van der Waals surface area contributed by atoms with Crippen LogP contribution in [0.3, 0.4) is 0 Å². The van der Waals surface area contributed by atoms with Crippen molar-refractivity contribution in [3.63, 3.8) is 0 Å². The third-order valence-corrected chi connectivity index (χ3v) is 1.67. The van der Waals surface area contributed by atoms with Gasteiger partial charge in [-0.05, 0) is 24.3 Å². The zero-order valence-corrected chi connectivity index (χ0v) is 7.36. The van der Waals surface area contributed by atoms with Crippen LogP contribution in [0.1, 0.15) is 20.7 Å². The van der Waals surface area contributed by atoms with Gasteiger partial charge < -0.3 is 16.2 Å². The molecule has 0 heterocycles. The lowest BCUT2D eigenvalue weighted by atomic mass is 10.1. The maximum Gasteiger partial charge on any atom is 0.253 e. The summed E-state index contributed by atoms with van der Waals surface area (Å²) < 4.78 is 0. The molecule has 0 spiro atoms. The minimum absolute atomic E-state index is 0.338. The SMILES string of the molecule is NC(=O)c1ccc(C(=O)NCO)cc1. The van der Waals surface area contributed by atoms with Gasteiger partial charge >= 0.3 is 0 Å². The van der Waals surface area contributed by atoms with Crippen LogP contribution in [0.5, 0.6) is 0 Å². The van der Waals surface area contributed by atoms with Crippen LogP contribution >= 0.6 is 0 Å². The van der Waals surface area contributed by atoms with Crippen LogP contribution < -0.4 is 11.1 Å². The molecule has 0 saturated carbocycles. The smallest absolute Gasteiger partial charge is 0.253 e. The molecule has 5 nitrogen and oxygen atoms in total. The fourth-order valence-electron chi connectivity index (χ4n) is 0.960. The van der Waals surface area contributed by atoms with Crippen LogP contribution in [-0.2, 0) is 0 Å². The summed E-state index contributed by atoms with van der Waals surface area (Å²) >= 11 is 0. The van der Waals surface area contributed by atoms with E-state index in [-0.39, 0.29) is 0 Å². The Morgan fingerprint density at radius 2 is 1.71 bits per heavy atom. The monoisotopic (exact) mass is 194 g/mol. The van der Waals surface area contributed by atoms with Gasteiger partial charge in [0.25, 0.3) is 5.91 Å². The number of aliphatic hydroxyl groups excluding tert-OH is 1. The Bertz CT molecular complexity index is 346. The van der Waals surface area contributed by atoms with E-state index in [1.165, 1.54) is 24.3 Å². The van der Waals surface area contributed by atoms with Crippen LogP contribution in [0.15, 0.2) is 24.3 Å². The first-order chi connectivity index (χ1) is 6.65. The average Bonchev–Trinajstić information content (AvgIpc) is 2.18.